The van der Waals surface area contributed by atoms with Gasteiger partial charge in [-0.05, 0) is 36.4 Å². The third-order valence-electron chi connectivity index (χ3n) is 4.73. The summed E-state index contributed by atoms with van der Waals surface area (Å²) in [6, 6.07) is 18.7. The van der Waals surface area contributed by atoms with Gasteiger partial charge in [0.15, 0.2) is 5.82 Å². The molecule has 2 aromatic carbocycles. The number of benzene rings is 2. The first kappa shape index (κ1) is 19.0. The van der Waals surface area contributed by atoms with Crippen LogP contribution in [0.2, 0.25) is 5.02 Å². The van der Waals surface area contributed by atoms with Gasteiger partial charge in [-0.1, -0.05) is 35.9 Å². The number of nitrogens with zero attached hydrogens (tertiary/aromatic N) is 5. The van der Waals surface area contributed by atoms with E-state index < -0.39 is 0 Å². The normalized spacial score (nSPS) is 11.0. The molecule has 5 aromatic rings. The average Bonchev–Trinajstić information content (AvgIpc) is 3.22. The Morgan fingerprint density at radius 3 is 2.58 bits per heavy atom. The standard InChI is InChI=1S/C23H17ClN6O/c1-30-11-9-18(29-30)21-20(15-12-14-6-5-10-26-19(14)17(24)13-15)28-23(22(25)27-21)31-16-7-3-2-4-8-16/h2-13H,1H3,(H2,25,27). The number of ether oxygens (including phenoxy) is 1. The Morgan fingerprint density at radius 1 is 0.968 bits per heavy atom. The second-order valence-corrected chi connectivity index (χ2v) is 7.34. The van der Waals surface area contributed by atoms with E-state index in [9.17, 15) is 0 Å². The minimum Gasteiger partial charge on any atom is -0.436 e. The van der Waals surface area contributed by atoms with Crippen molar-refractivity contribution in [1.29, 1.82) is 0 Å². The Kier molecular flexibility index (Phi) is 4.72. The molecular weight excluding hydrogens is 412 g/mol. The van der Waals surface area contributed by atoms with Crippen molar-refractivity contribution in [3.63, 3.8) is 0 Å². The monoisotopic (exact) mass is 428 g/mol. The van der Waals surface area contributed by atoms with Crippen molar-refractivity contribution in [2.45, 2.75) is 0 Å². The molecule has 5 rings (SSSR count). The van der Waals surface area contributed by atoms with E-state index in [1.54, 1.807) is 10.9 Å². The fraction of sp³-hybridized carbons (Fsp3) is 0.0435. The van der Waals surface area contributed by atoms with E-state index in [1.165, 1.54) is 0 Å². The number of hydrogen-bond donors (Lipinski definition) is 1. The van der Waals surface area contributed by atoms with Gasteiger partial charge in [0.25, 0.3) is 5.88 Å². The van der Waals surface area contributed by atoms with Crippen LogP contribution in [-0.4, -0.2) is 24.7 Å². The summed E-state index contributed by atoms with van der Waals surface area (Å²) >= 11 is 6.53. The Labute approximate surface area is 183 Å². The Bertz CT molecular complexity index is 1400. The topological polar surface area (TPSA) is 91.7 Å². The summed E-state index contributed by atoms with van der Waals surface area (Å²) in [4.78, 5) is 13.7. The molecule has 7 nitrogen and oxygen atoms in total. The number of aromatic nitrogens is 5. The predicted molar refractivity (Wildman–Crippen MR) is 121 cm³/mol. The molecule has 31 heavy (non-hydrogen) atoms. The molecule has 0 saturated heterocycles. The lowest BCUT2D eigenvalue weighted by molar-refractivity contribution is 0.464. The van der Waals surface area contributed by atoms with Gasteiger partial charge in [0.1, 0.15) is 22.8 Å². The van der Waals surface area contributed by atoms with Gasteiger partial charge >= 0.3 is 0 Å². The van der Waals surface area contributed by atoms with Crippen LogP contribution >= 0.6 is 11.6 Å². The zero-order valence-corrected chi connectivity index (χ0v) is 17.3. The van der Waals surface area contributed by atoms with Gasteiger partial charge in [0.2, 0.25) is 0 Å². The summed E-state index contributed by atoms with van der Waals surface area (Å²) in [6.45, 7) is 0. The largest absolute Gasteiger partial charge is 0.436 e. The molecule has 0 atom stereocenters. The second kappa shape index (κ2) is 7.70. The first-order valence-electron chi connectivity index (χ1n) is 9.53. The summed E-state index contributed by atoms with van der Waals surface area (Å²) in [5.41, 5.74) is 9.44. The molecule has 0 radical (unpaired) electrons. The van der Waals surface area contributed by atoms with Crippen molar-refractivity contribution in [3.8, 4) is 34.3 Å². The number of fused-ring (bicyclic) bond motifs is 1. The predicted octanol–water partition coefficient (Wildman–Crippen LogP) is 5.12. The molecule has 152 valence electrons. The molecule has 2 N–H and O–H groups in total. The minimum absolute atomic E-state index is 0.168. The van der Waals surface area contributed by atoms with Crippen LogP contribution in [0, 0.1) is 0 Å². The Morgan fingerprint density at radius 2 is 1.81 bits per heavy atom. The van der Waals surface area contributed by atoms with Gasteiger partial charge in [0, 0.05) is 30.4 Å². The molecule has 3 aromatic heterocycles. The van der Waals surface area contributed by atoms with E-state index >= 15 is 0 Å². The molecule has 8 heteroatoms. The molecule has 0 fully saturated rings. The minimum atomic E-state index is 0.168. The highest BCUT2D eigenvalue weighted by atomic mass is 35.5. The molecule has 0 saturated carbocycles. The SMILES string of the molecule is Cn1ccc(-c2nc(N)c(Oc3ccccc3)nc2-c2cc(Cl)c3ncccc3c2)n1. The van der Waals surface area contributed by atoms with Crippen LogP contribution in [0.4, 0.5) is 5.82 Å². The van der Waals surface area contributed by atoms with E-state index in [4.69, 9.17) is 27.1 Å². The molecule has 0 bridgehead atoms. The number of pyridine rings is 1. The van der Waals surface area contributed by atoms with Crippen LogP contribution in [-0.2, 0) is 7.05 Å². The van der Waals surface area contributed by atoms with Crippen molar-refractivity contribution in [3.05, 3.63) is 78.1 Å². The van der Waals surface area contributed by atoms with Gasteiger partial charge in [-0.25, -0.2) is 9.97 Å². The summed E-state index contributed by atoms with van der Waals surface area (Å²) in [5.74, 6) is 0.992. The maximum atomic E-state index is 6.53. The molecule has 0 unspecified atom stereocenters. The summed E-state index contributed by atoms with van der Waals surface area (Å²) in [6.07, 6.45) is 3.55. The molecule has 3 heterocycles. The van der Waals surface area contributed by atoms with Crippen molar-refractivity contribution in [2.75, 3.05) is 5.73 Å². The van der Waals surface area contributed by atoms with Gasteiger partial charge in [0.05, 0.1) is 10.5 Å². The third-order valence-corrected chi connectivity index (χ3v) is 5.02. The van der Waals surface area contributed by atoms with Gasteiger partial charge in [-0.15, -0.1) is 0 Å². The fourth-order valence-electron chi connectivity index (χ4n) is 3.31. The van der Waals surface area contributed by atoms with Crippen LogP contribution in [0.5, 0.6) is 11.6 Å². The van der Waals surface area contributed by atoms with E-state index in [-0.39, 0.29) is 11.7 Å². The Balaban J connectivity index is 1.72. The summed E-state index contributed by atoms with van der Waals surface area (Å²) < 4.78 is 7.61. The van der Waals surface area contributed by atoms with E-state index in [1.807, 2.05) is 73.9 Å². The third kappa shape index (κ3) is 3.67. The summed E-state index contributed by atoms with van der Waals surface area (Å²) in [5, 5.41) is 5.89. The van der Waals surface area contributed by atoms with Crippen molar-refractivity contribution < 1.29 is 4.74 Å². The highest BCUT2D eigenvalue weighted by molar-refractivity contribution is 6.35. The summed E-state index contributed by atoms with van der Waals surface area (Å²) in [7, 11) is 1.84. The number of nitrogen functional groups attached to an aromatic ring is 1. The first-order chi connectivity index (χ1) is 15.1. The number of halogens is 1. The Hall–Kier alpha value is -3.97. The van der Waals surface area contributed by atoms with Crippen LogP contribution in [0.15, 0.2) is 73.1 Å². The lowest BCUT2D eigenvalue weighted by atomic mass is 10.0. The number of aryl methyl sites for hydroxylation is 1. The number of rotatable bonds is 4. The number of anilines is 1. The van der Waals surface area contributed by atoms with Crippen LogP contribution in [0.3, 0.4) is 0 Å². The fourth-order valence-corrected chi connectivity index (χ4v) is 3.59. The number of para-hydroxylation sites is 1. The molecule has 0 aliphatic rings. The molecule has 0 aliphatic heterocycles. The quantitative estimate of drug-likeness (QED) is 0.427. The maximum absolute atomic E-state index is 6.53. The van der Waals surface area contributed by atoms with Crippen LogP contribution in [0.25, 0.3) is 33.5 Å². The highest BCUT2D eigenvalue weighted by Gasteiger charge is 2.20. The zero-order chi connectivity index (χ0) is 21.4. The molecular formula is C23H17ClN6O. The smallest absolute Gasteiger partial charge is 0.263 e. The number of hydrogen-bond acceptors (Lipinski definition) is 6. The maximum Gasteiger partial charge on any atom is 0.263 e. The van der Waals surface area contributed by atoms with Crippen molar-refractivity contribution in [1.82, 2.24) is 24.7 Å². The zero-order valence-electron chi connectivity index (χ0n) is 16.5. The van der Waals surface area contributed by atoms with Crippen LogP contribution < -0.4 is 10.5 Å². The average molecular weight is 429 g/mol. The first-order valence-corrected chi connectivity index (χ1v) is 9.91. The highest BCUT2D eigenvalue weighted by Crippen LogP contribution is 2.36. The van der Waals surface area contributed by atoms with Gasteiger partial charge in [-0.2, -0.15) is 5.10 Å². The van der Waals surface area contributed by atoms with Crippen LogP contribution in [0.1, 0.15) is 0 Å². The molecule has 0 aliphatic carbocycles. The van der Waals surface area contributed by atoms with Gasteiger partial charge < -0.3 is 10.5 Å². The molecule has 0 spiro atoms. The van der Waals surface area contributed by atoms with E-state index in [0.717, 1.165) is 16.5 Å². The van der Waals surface area contributed by atoms with E-state index in [2.05, 4.69) is 15.1 Å². The van der Waals surface area contributed by atoms with Crippen molar-refractivity contribution >= 4 is 28.3 Å². The van der Waals surface area contributed by atoms with Gasteiger partial charge in [-0.3, -0.25) is 9.67 Å². The lowest BCUT2D eigenvalue weighted by Gasteiger charge is -2.13. The van der Waals surface area contributed by atoms with E-state index in [0.29, 0.717) is 27.9 Å². The van der Waals surface area contributed by atoms with Crippen molar-refractivity contribution in [2.24, 2.45) is 7.05 Å². The second-order valence-electron chi connectivity index (χ2n) is 6.93. The number of nitrogens with two attached hydrogens (primary N) is 1. The lowest BCUT2D eigenvalue weighted by Crippen LogP contribution is -2.03. The molecule has 0 amide bonds.